The van der Waals surface area contributed by atoms with Gasteiger partial charge >= 0.3 is 0 Å². The van der Waals surface area contributed by atoms with Crippen LogP contribution in [-0.4, -0.2) is 61.2 Å². The maximum Gasteiger partial charge on any atom is 0.0120 e. The highest BCUT2D eigenvalue weighted by atomic mass is 15.2. The van der Waals surface area contributed by atoms with Crippen LogP contribution in [0.2, 0.25) is 0 Å². The molecule has 1 N–H and O–H groups in total. The largest absolute Gasteiger partial charge is 0.317 e. The van der Waals surface area contributed by atoms with Crippen molar-refractivity contribution in [2.24, 2.45) is 0 Å². The quantitative estimate of drug-likeness (QED) is 0.856. The summed E-state index contributed by atoms with van der Waals surface area (Å²) < 4.78 is 0. The van der Waals surface area contributed by atoms with E-state index < -0.39 is 0 Å². The summed E-state index contributed by atoms with van der Waals surface area (Å²) in [7, 11) is 2.12. The number of nitrogens with one attached hydrogen (secondary N) is 1. The fourth-order valence-electron chi connectivity index (χ4n) is 4.63. The fourth-order valence-corrected chi connectivity index (χ4v) is 4.63. The van der Waals surface area contributed by atoms with E-state index in [1.165, 1.54) is 84.0 Å². The van der Waals surface area contributed by atoms with Crippen molar-refractivity contribution in [2.75, 3.05) is 33.2 Å². The smallest absolute Gasteiger partial charge is 0.0120 e. The second-order valence-electron chi connectivity index (χ2n) is 7.16. The number of hydrogen-bond donors (Lipinski definition) is 1. The molecule has 20 heavy (non-hydrogen) atoms. The maximum absolute atomic E-state index is 3.45. The highest BCUT2D eigenvalue weighted by Crippen LogP contribution is 2.27. The molecule has 0 unspecified atom stereocenters. The maximum atomic E-state index is 3.45. The van der Waals surface area contributed by atoms with Gasteiger partial charge in [0, 0.05) is 18.1 Å². The zero-order chi connectivity index (χ0) is 13.8. The van der Waals surface area contributed by atoms with E-state index in [2.05, 4.69) is 22.2 Å². The normalized spacial score (nSPS) is 35.2. The highest BCUT2D eigenvalue weighted by Gasteiger charge is 2.30. The molecule has 3 fully saturated rings. The minimum atomic E-state index is 0.789. The fraction of sp³-hybridized carbons (Fsp3) is 1.00. The lowest BCUT2D eigenvalue weighted by Crippen LogP contribution is -2.50. The van der Waals surface area contributed by atoms with Crippen molar-refractivity contribution in [2.45, 2.75) is 75.9 Å². The van der Waals surface area contributed by atoms with Crippen LogP contribution in [0.1, 0.15) is 57.8 Å². The Kier molecular flexibility index (Phi) is 5.36. The van der Waals surface area contributed by atoms with Crippen molar-refractivity contribution >= 4 is 0 Å². The molecule has 0 aromatic rings. The second kappa shape index (κ2) is 7.24. The molecule has 0 aromatic heterocycles. The average molecular weight is 279 g/mol. The van der Waals surface area contributed by atoms with Crippen LogP contribution in [0, 0.1) is 0 Å². The van der Waals surface area contributed by atoms with Crippen LogP contribution in [0.15, 0.2) is 0 Å². The Balaban J connectivity index is 1.42. The lowest BCUT2D eigenvalue weighted by molar-refractivity contribution is 0.0588. The molecule has 0 bridgehead atoms. The number of piperidine rings is 2. The number of nitrogens with zero attached hydrogens (tertiary/aromatic N) is 2. The van der Waals surface area contributed by atoms with Gasteiger partial charge in [0.2, 0.25) is 0 Å². The molecule has 2 saturated heterocycles. The Bertz CT molecular complexity index is 272. The molecule has 0 amide bonds. The average Bonchev–Trinajstić information content (AvgIpc) is 2.56. The van der Waals surface area contributed by atoms with Crippen molar-refractivity contribution in [1.29, 1.82) is 0 Å². The van der Waals surface area contributed by atoms with Gasteiger partial charge in [-0.2, -0.15) is 0 Å². The van der Waals surface area contributed by atoms with Crippen molar-refractivity contribution in [1.82, 2.24) is 15.1 Å². The molecule has 3 rings (SSSR count). The number of likely N-dealkylation sites (tertiary alicyclic amines) is 2. The Morgan fingerprint density at radius 1 is 0.650 bits per heavy atom. The van der Waals surface area contributed by atoms with Crippen molar-refractivity contribution in [3.63, 3.8) is 0 Å². The second-order valence-corrected chi connectivity index (χ2v) is 7.16. The minimum Gasteiger partial charge on any atom is -0.317 e. The SMILES string of the molecule is CNC1CCC(N2CCC(N3CCCCC3)CC2)CC1. The predicted octanol–water partition coefficient (Wildman–Crippen LogP) is 2.47. The Morgan fingerprint density at radius 3 is 1.80 bits per heavy atom. The molecule has 2 heterocycles. The van der Waals surface area contributed by atoms with Gasteiger partial charge in [-0.1, -0.05) is 6.42 Å². The van der Waals surface area contributed by atoms with E-state index in [0.29, 0.717) is 0 Å². The first-order valence-corrected chi connectivity index (χ1v) is 9.02. The zero-order valence-corrected chi connectivity index (χ0v) is 13.3. The standard InChI is InChI=1S/C17H33N3/c1-18-15-5-7-16(8-6-15)20-13-9-17(10-14-20)19-11-3-2-4-12-19/h15-18H,2-14H2,1H3. The topological polar surface area (TPSA) is 18.5 Å². The van der Waals surface area contributed by atoms with E-state index in [1.807, 2.05) is 0 Å². The molecule has 1 saturated carbocycles. The first-order valence-electron chi connectivity index (χ1n) is 9.02. The van der Waals surface area contributed by atoms with E-state index in [-0.39, 0.29) is 0 Å². The molecule has 3 nitrogen and oxygen atoms in total. The van der Waals surface area contributed by atoms with Crippen LogP contribution in [0.4, 0.5) is 0 Å². The van der Waals surface area contributed by atoms with E-state index in [1.54, 1.807) is 0 Å². The Labute approximate surface area is 125 Å². The first kappa shape index (κ1) is 14.8. The first-order chi connectivity index (χ1) is 9.86. The highest BCUT2D eigenvalue weighted by molar-refractivity contribution is 4.87. The molecule has 2 aliphatic heterocycles. The van der Waals surface area contributed by atoms with E-state index in [9.17, 15) is 0 Å². The summed E-state index contributed by atoms with van der Waals surface area (Å²) in [4.78, 5) is 5.60. The molecule has 3 heteroatoms. The minimum absolute atomic E-state index is 0.789. The molecule has 116 valence electrons. The van der Waals surface area contributed by atoms with Crippen LogP contribution in [0.3, 0.4) is 0 Å². The molecular weight excluding hydrogens is 246 g/mol. The van der Waals surface area contributed by atoms with E-state index in [4.69, 9.17) is 0 Å². The van der Waals surface area contributed by atoms with Gasteiger partial charge in [0.1, 0.15) is 0 Å². The van der Waals surface area contributed by atoms with E-state index in [0.717, 1.165) is 18.1 Å². The van der Waals surface area contributed by atoms with Crippen LogP contribution in [-0.2, 0) is 0 Å². The molecule has 1 aliphatic carbocycles. The van der Waals surface area contributed by atoms with Gasteiger partial charge < -0.3 is 15.1 Å². The summed E-state index contributed by atoms with van der Waals surface area (Å²) in [6.45, 7) is 5.46. The predicted molar refractivity (Wildman–Crippen MR) is 85.1 cm³/mol. The van der Waals surface area contributed by atoms with Gasteiger partial charge in [0.25, 0.3) is 0 Å². The summed E-state index contributed by atoms with van der Waals surface area (Å²) >= 11 is 0. The molecule has 0 spiro atoms. The lowest BCUT2D eigenvalue weighted by Gasteiger charge is -2.44. The van der Waals surface area contributed by atoms with Gasteiger partial charge in [0.05, 0.1) is 0 Å². The third kappa shape index (κ3) is 3.55. The van der Waals surface area contributed by atoms with Gasteiger partial charge in [-0.3, -0.25) is 0 Å². The number of hydrogen-bond acceptors (Lipinski definition) is 3. The third-order valence-corrected chi connectivity index (χ3v) is 6.03. The van der Waals surface area contributed by atoms with E-state index >= 15 is 0 Å². The summed E-state index contributed by atoms with van der Waals surface area (Å²) in [6, 6.07) is 2.58. The molecular formula is C17H33N3. The summed E-state index contributed by atoms with van der Waals surface area (Å²) in [5, 5.41) is 3.45. The summed E-state index contributed by atoms with van der Waals surface area (Å²) in [5.41, 5.74) is 0. The van der Waals surface area contributed by atoms with Gasteiger partial charge in [-0.05, 0) is 84.6 Å². The van der Waals surface area contributed by atoms with Gasteiger partial charge in [0.15, 0.2) is 0 Å². The van der Waals surface area contributed by atoms with Crippen LogP contribution in [0.5, 0.6) is 0 Å². The molecule has 0 atom stereocenters. The van der Waals surface area contributed by atoms with Crippen LogP contribution in [0.25, 0.3) is 0 Å². The van der Waals surface area contributed by atoms with Crippen LogP contribution >= 0.6 is 0 Å². The molecule has 3 aliphatic rings. The zero-order valence-electron chi connectivity index (χ0n) is 13.3. The van der Waals surface area contributed by atoms with Gasteiger partial charge in [-0.15, -0.1) is 0 Å². The van der Waals surface area contributed by atoms with Crippen molar-refractivity contribution < 1.29 is 0 Å². The van der Waals surface area contributed by atoms with Crippen molar-refractivity contribution in [3.05, 3.63) is 0 Å². The monoisotopic (exact) mass is 279 g/mol. The Hall–Kier alpha value is -0.120. The van der Waals surface area contributed by atoms with Crippen LogP contribution < -0.4 is 5.32 Å². The number of rotatable bonds is 3. The molecule has 0 aromatic carbocycles. The molecule has 0 radical (unpaired) electrons. The Morgan fingerprint density at radius 2 is 1.20 bits per heavy atom. The van der Waals surface area contributed by atoms with Crippen molar-refractivity contribution in [3.8, 4) is 0 Å². The van der Waals surface area contributed by atoms with Gasteiger partial charge in [-0.25, -0.2) is 0 Å². The third-order valence-electron chi connectivity index (χ3n) is 6.03. The lowest BCUT2D eigenvalue weighted by atomic mass is 9.88. The summed E-state index contributed by atoms with van der Waals surface area (Å²) in [5.74, 6) is 0. The summed E-state index contributed by atoms with van der Waals surface area (Å²) in [6.07, 6.45) is 12.8.